The van der Waals surface area contributed by atoms with Gasteiger partial charge >= 0.3 is 0 Å². The number of nitrogens with zero attached hydrogens (tertiary/aromatic N) is 2. The van der Waals surface area contributed by atoms with Crippen LogP contribution in [0.1, 0.15) is 5.56 Å². The van der Waals surface area contributed by atoms with Crippen molar-refractivity contribution < 1.29 is 5.11 Å². The Kier molecular flexibility index (Phi) is 2.15. The molecule has 0 aliphatic rings. The molecule has 0 radical (unpaired) electrons. The molecule has 110 valence electrons. The highest BCUT2D eigenvalue weighted by Gasteiger charge is 2.17. The van der Waals surface area contributed by atoms with Gasteiger partial charge in [0.2, 0.25) is 0 Å². The Labute approximate surface area is 130 Å². The lowest BCUT2D eigenvalue weighted by Gasteiger charge is -2.10. The number of phenolic OH excluding ortho intramolecular Hbond substituents is 1. The van der Waals surface area contributed by atoms with Gasteiger partial charge in [0.15, 0.2) is 0 Å². The van der Waals surface area contributed by atoms with Crippen LogP contribution in [0.5, 0.6) is 5.75 Å². The summed E-state index contributed by atoms with van der Waals surface area (Å²) in [5.74, 6) is 0.144. The van der Waals surface area contributed by atoms with Crippen LogP contribution in [0.3, 0.4) is 0 Å². The summed E-state index contributed by atoms with van der Waals surface area (Å²) in [6.07, 6.45) is 0. The third kappa shape index (κ3) is 1.40. The highest BCUT2D eigenvalue weighted by Crippen LogP contribution is 2.35. The highest BCUT2D eigenvalue weighted by atomic mass is 16.3. The number of aromatic hydroxyl groups is 1. The average molecular weight is 300 g/mol. The zero-order valence-corrected chi connectivity index (χ0v) is 12.4. The predicted molar refractivity (Wildman–Crippen MR) is 91.6 cm³/mol. The van der Waals surface area contributed by atoms with Crippen LogP contribution in [-0.2, 0) is 0 Å². The van der Waals surface area contributed by atoms with Crippen LogP contribution in [0.4, 0.5) is 0 Å². The van der Waals surface area contributed by atoms with Gasteiger partial charge in [0.05, 0.1) is 16.4 Å². The van der Waals surface area contributed by atoms with E-state index in [-0.39, 0.29) is 11.3 Å². The predicted octanol–water partition coefficient (Wildman–Crippen LogP) is 3.61. The van der Waals surface area contributed by atoms with Gasteiger partial charge in [-0.15, -0.1) is 0 Å². The molecule has 0 saturated carbocycles. The number of aryl methyl sites for hydroxylation is 1. The Bertz CT molecular complexity index is 1300. The Morgan fingerprint density at radius 2 is 1.78 bits per heavy atom. The maximum atomic E-state index is 13.0. The lowest BCUT2D eigenvalue weighted by molar-refractivity contribution is 0.473. The number of pyridine rings is 1. The molecule has 0 atom stereocenters. The lowest BCUT2D eigenvalue weighted by Crippen LogP contribution is -2.13. The van der Waals surface area contributed by atoms with Gasteiger partial charge < -0.3 is 5.11 Å². The Balaban J connectivity index is 2.24. The van der Waals surface area contributed by atoms with E-state index in [0.29, 0.717) is 11.0 Å². The van der Waals surface area contributed by atoms with E-state index >= 15 is 0 Å². The molecule has 2 heterocycles. The largest absolute Gasteiger partial charge is 0.508 e. The van der Waals surface area contributed by atoms with Crippen molar-refractivity contribution in [2.24, 2.45) is 0 Å². The molecule has 4 nitrogen and oxygen atoms in total. The number of imidazole rings is 1. The number of aromatic nitrogens is 2. The average Bonchev–Trinajstić information content (AvgIpc) is 2.96. The van der Waals surface area contributed by atoms with E-state index in [4.69, 9.17) is 0 Å². The van der Waals surface area contributed by atoms with Crippen LogP contribution in [0.2, 0.25) is 0 Å². The first-order valence-electron chi connectivity index (χ1n) is 7.44. The molecule has 0 amide bonds. The molecule has 0 spiro atoms. The molecule has 0 aliphatic carbocycles. The van der Waals surface area contributed by atoms with Gasteiger partial charge in [0.25, 0.3) is 5.56 Å². The van der Waals surface area contributed by atoms with Crippen LogP contribution in [-0.4, -0.2) is 14.5 Å². The molecule has 5 aromatic rings. The van der Waals surface area contributed by atoms with E-state index in [9.17, 15) is 9.90 Å². The van der Waals surface area contributed by atoms with E-state index in [2.05, 4.69) is 4.98 Å². The fourth-order valence-corrected chi connectivity index (χ4v) is 3.50. The number of rotatable bonds is 0. The van der Waals surface area contributed by atoms with E-state index < -0.39 is 0 Å². The minimum Gasteiger partial charge on any atom is -0.508 e. The lowest BCUT2D eigenvalue weighted by atomic mass is 9.98. The number of phenols is 1. The van der Waals surface area contributed by atoms with Crippen molar-refractivity contribution in [2.75, 3.05) is 0 Å². The molecule has 0 bridgehead atoms. The van der Waals surface area contributed by atoms with Crippen LogP contribution in [0, 0.1) is 6.92 Å². The molecule has 2 aromatic heterocycles. The normalized spacial score (nSPS) is 12.0. The maximum Gasteiger partial charge on any atom is 0.264 e. The molecule has 5 rings (SSSR count). The van der Waals surface area contributed by atoms with Gasteiger partial charge in [-0.3, -0.25) is 9.20 Å². The standard InChI is InChI=1S/C19H12N2O2/c1-10-11-5-4-6-12-17(11)13(9-16(10)22)19(23)21-15-8-3-2-7-14(15)20-18(12)21/h2-9,22H,1H3. The summed E-state index contributed by atoms with van der Waals surface area (Å²) in [4.78, 5) is 17.7. The molecule has 0 saturated heterocycles. The highest BCUT2D eigenvalue weighted by molar-refractivity contribution is 6.16. The summed E-state index contributed by atoms with van der Waals surface area (Å²) >= 11 is 0. The van der Waals surface area contributed by atoms with Crippen molar-refractivity contribution in [1.29, 1.82) is 0 Å². The number of para-hydroxylation sites is 2. The van der Waals surface area contributed by atoms with Crippen molar-refractivity contribution in [3.8, 4) is 5.75 Å². The van der Waals surface area contributed by atoms with Gasteiger partial charge in [0.1, 0.15) is 11.4 Å². The second-order valence-electron chi connectivity index (χ2n) is 5.86. The third-order valence-corrected chi connectivity index (χ3v) is 4.64. The van der Waals surface area contributed by atoms with Gasteiger partial charge in [-0.1, -0.05) is 30.3 Å². The topological polar surface area (TPSA) is 54.6 Å². The zero-order chi connectivity index (χ0) is 15.7. The number of benzene rings is 3. The Morgan fingerprint density at radius 3 is 2.65 bits per heavy atom. The summed E-state index contributed by atoms with van der Waals surface area (Å²) in [5.41, 5.74) is 2.88. The van der Waals surface area contributed by atoms with Crippen molar-refractivity contribution >= 4 is 38.2 Å². The molecular formula is C19H12N2O2. The molecule has 3 aromatic carbocycles. The molecule has 0 fully saturated rings. The van der Waals surface area contributed by atoms with Crippen molar-refractivity contribution in [2.45, 2.75) is 6.92 Å². The molecule has 0 unspecified atom stereocenters. The van der Waals surface area contributed by atoms with Crippen LogP contribution >= 0.6 is 0 Å². The fourth-order valence-electron chi connectivity index (χ4n) is 3.50. The van der Waals surface area contributed by atoms with E-state index in [0.717, 1.165) is 32.8 Å². The van der Waals surface area contributed by atoms with Crippen molar-refractivity contribution in [3.63, 3.8) is 0 Å². The van der Waals surface area contributed by atoms with E-state index in [1.807, 2.05) is 49.4 Å². The summed E-state index contributed by atoms with van der Waals surface area (Å²) < 4.78 is 1.64. The summed E-state index contributed by atoms with van der Waals surface area (Å²) in [7, 11) is 0. The number of hydrogen-bond acceptors (Lipinski definition) is 3. The van der Waals surface area contributed by atoms with E-state index in [1.165, 1.54) is 0 Å². The summed E-state index contributed by atoms with van der Waals surface area (Å²) in [6, 6.07) is 15.0. The van der Waals surface area contributed by atoms with Crippen LogP contribution < -0.4 is 5.56 Å². The van der Waals surface area contributed by atoms with Gasteiger partial charge in [-0.25, -0.2) is 4.98 Å². The molecule has 23 heavy (non-hydrogen) atoms. The Hall–Kier alpha value is -3.14. The third-order valence-electron chi connectivity index (χ3n) is 4.64. The first-order chi connectivity index (χ1) is 11.2. The monoisotopic (exact) mass is 300 g/mol. The first-order valence-corrected chi connectivity index (χ1v) is 7.44. The Morgan fingerprint density at radius 1 is 1.00 bits per heavy atom. The van der Waals surface area contributed by atoms with Gasteiger partial charge in [-0.2, -0.15) is 0 Å². The maximum absolute atomic E-state index is 13.0. The minimum atomic E-state index is -0.146. The molecular weight excluding hydrogens is 288 g/mol. The smallest absolute Gasteiger partial charge is 0.264 e. The zero-order valence-electron chi connectivity index (χ0n) is 12.4. The number of fused-ring (bicyclic) bond motifs is 4. The van der Waals surface area contributed by atoms with Crippen LogP contribution in [0.15, 0.2) is 53.3 Å². The van der Waals surface area contributed by atoms with Crippen molar-refractivity contribution in [1.82, 2.24) is 9.38 Å². The second kappa shape index (κ2) is 3.98. The van der Waals surface area contributed by atoms with Gasteiger partial charge in [-0.05, 0) is 36.1 Å². The molecule has 1 N–H and O–H groups in total. The summed E-state index contributed by atoms with van der Waals surface area (Å²) in [5, 5.41) is 13.4. The second-order valence-corrected chi connectivity index (χ2v) is 5.86. The molecule has 4 heteroatoms. The molecule has 0 aliphatic heterocycles. The number of hydrogen-bond donors (Lipinski definition) is 1. The quantitative estimate of drug-likeness (QED) is 0.475. The SMILES string of the molecule is Cc1c(O)cc2c(=O)n3c4ccccc4nc3c3cccc1c23. The van der Waals surface area contributed by atoms with Crippen LogP contribution in [0.25, 0.3) is 38.2 Å². The first kappa shape index (κ1) is 12.4. The van der Waals surface area contributed by atoms with E-state index in [1.54, 1.807) is 10.5 Å². The fraction of sp³-hybridized carbons (Fsp3) is 0.0526. The van der Waals surface area contributed by atoms with Gasteiger partial charge in [0, 0.05) is 10.8 Å². The minimum absolute atomic E-state index is 0.144. The summed E-state index contributed by atoms with van der Waals surface area (Å²) in [6.45, 7) is 1.86. The van der Waals surface area contributed by atoms with Crippen molar-refractivity contribution in [3.05, 3.63) is 64.4 Å².